The molecule has 5 heteroatoms. The first-order chi connectivity index (χ1) is 13.4. The molecule has 3 nitrogen and oxygen atoms in total. The smallest absolute Gasteiger partial charge is 0.256 e. The SMILES string of the molecule is CC(C)c1ccccc1-c1ccc(Oc2cc(C(=O)Cl)ccc2C(=O)Cl)cc1. The van der Waals surface area contributed by atoms with E-state index in [-0.39, 0.29) is 16.9 Å². The Hall–Kier alpha value is -2.62. The molecule has 0 atom stereocenters. The van der Waals surface area contributed by atoms with Gasteiger partial charge in [0.05, 0.1) is 5.56 Å². The fourth-order valence-electron chi connectivity index (χ4n) is 2.98. The van der Waals surface area contributed by atoms with Crippen LogP contribution < -0.4 is 4.74 Å². The third kappa shape index (κ3) is 4.44. The molecule has 28 heavy (non-hydrogen) atoms. The molecule has 0 amide bonds. The van der Waals surface area contributed by atoms with Gasteiger partial charge in [-0.05, 0) is 76.1 Å². The lowest BCUT2D eigenvalue weighted by Gasteiger charge is -2.14. The summed E-state index contributed by atoms with van der Waals surface area (Å²) < 4.78 is 5.81. The first-order valence-electron chi connectivity index (χ1n) is 8.77. The highest BCUT2D eigenvalue weighted by molar-refractivity contribution is 6.68. The normalized spacial score (nSPS) is 10.8. The lowest BCUT2D eigenvalue weighted by molar-refractivity contribution is 0.106. The van der Waals surface area contributed by atoms with E-state index in [1.165, 1.54) is 23.8 Å². The summed E-state index contributed by atoms with van der Waals surface area (Å²) in [5.41, 5.74) is 3.88. The van der Waals surface area contributed by atoms with E-state index in [9.17, 15) is 9.59 Å². The van der Waals surface area contributed by atoms with Gasteiger partial charge in [0.15, 0.2) is 0 Å². The Morgan fingerprint density at radius 3 is 2.14 bits per heavy atom. The summed E-state index contributed by atoms with van der Waals surface area (Å²) in [5.74, 6) is 1.10. The molecule has 142 valence electrons. The van der Waals surface area contributed by atoms with Gasteiger partial charge in [-0.25, -0.2) is 0 Å². The van der Waals surface area contributed by atoms with Crippen LogP contribution in [0.2, 0.25) is 0 Å². The minimum absolute atomic E-state index is 0.164. The highest BCUT2D eigenvalue weighted by Gasteiger charge is 2.15. The molecule has 0 heterocycles. The van der Waals surface area contributed by atoms with E-state index in [1.54, 1.807) is 0 Å². The summed E-state index contributed by atoms with van der Waals surface area (Å²) in [5, 5.41) is -1.31. The molecule has 0 unspecified atom stereocenters. The second-order valence-electron chi connectivity index (χ2n) is 6.63. The van der Waals surface area contributed by atoms with Crippen LogP contribution in [0.5, 0.6) is 11.5 Å². The highest BCUT2D eigenvalue weighted by Crippen LogP contribution is 2.32. The Kier molecular flexibility index (Phi) is 6.18. The average molecular weight is 413 g/mol. The van der Waals surface area contributed by atoms with Crippen molar-refractivity contribution in [3.05, 3.63) is 83.4 Å². The number of hydrogen-bond acceptors (Lipinski definition) is 3. The highest BCUT2D eigenvalue weighted by atomic mass is 35.5. The van der Waals surface area contributed by atoms with Crippen LogP contribution in [0.15, 0.2) is 66.7 Å². The zero-order chi connectivity index (χ0) is 20.3. The molecule has 0 aromatic heterocycles. The third-order valence-corrected chi connectivity index (χ3v) is 4.82. The van der Waals surface area contributed by atoms with E-state index in [4.69, 9.17) is 27.9 Å². The van der Waals surface area contributed by atoms with Crippen molar-refractivity contribution < 1.29 is 14.3 Å². The van der Waals surface area contributed by atoms with Crippen LogP contribution >= 0.6 is 23.2 Å². The molecule has 0 spiro atoms. The monoisotopic (exact) mass is 412 g/mol. The molecular formula is C23H18Cl2O3. The second-order valence-corrected chi connectivity index (χ2v) is 7.31. The van der Waals surface area contributed by atoms with E-state index < -0.39 is 10.5 Å². The van der Waals surface area contributed by atoms with Crippen LogP contribution in [0.1, 0.15) is 46.0 Å². The number of ether oxygens (including phenoxy) is 1. The average Bonchev–Trinajstić information content (AvgIpc) is 2.68. The molecule has 0 saturated heterocycles. The van der Waals surface area contributed by atoms with Gasteiger partial charge in [0.25, 0.3) is 10.5 Å². The molecule has 3 aromatic carbocycles. The summed E-state index contributed by atoms with van der Waals surface area (Å²) in [6.07, 6.45) is 0. The Bertz CT molecular complexity index is 1020. The number of rotatable bonds is 6. The zero-order valence-corrected chi connectivity index (χ0v) is 16.9. The number of hydrogen-bond donors (Lipinski definition) is 0. The Morgan fingerprint density at radius 2 is 1.54 bits per heavy atom. The molecule has 0 aliphatic heterocycles. The Morgan fingerprint density at radius 1 is 0.857 bits per heavy atom. The summed E-state index contributed by atoms with van der Waals surface area (Å²) in [7, 11) is 0. The largest absolute Gasteiger partial charge is 0.457 e. The number of carbonyl (C=O) groups excluding carboxylic acids is 2. The molecule has 0 N–H and O–H groups in total. The first-order valence-corrected chi connectivity index (χ1v) is 9.53. The predicted molar refractivity (Wildman–Crippen MR) is 113 cm³/mol. The molecule has 0 aliphatic rings. The summed E-state index contributed by atoms with van der Waals surface area (Å²) in [4.78, 5) is 23.1. The standard InChI is InChI=1S/C23H18Cl2O3/c1-14(2)18-5-3-4-6-19(18)15-7-10-17(11-8-15)28-21-13-16(22(24)26)9-12-20(21)23(25)27/h3-14H,1-2H3. The predicted octanol–water partition coefficient (Wildman–Crippen LogP) is 7.03. The minimum Gasteiger partial charge on any atom is -0.457 e. The van der Waals surface area contributed by atoms with Gasteiger partial charge in [-0.15, -0.1) is 0 Å². The van der Waals surface area contributed by atoms with Crippen molar-refractivity contribution in [1.82, 2.24) is 0 Å². The van der Waals surface area contributed by atoms with Crippen molar-refractivity contribution in [1.29, 1.82) is 0 Å². The van der Waals surface area contributed by atoms with Crippen molar-refractivity contribution in [2.24, 2.45) is 0 Å². The van der Waals surface area contributed by atoms with Crippen LogP contribution in [0, 0.1) is 0 Å². The van der Waals surface area contributed by atoms with E-state index in [2.05, 4.69) is 26.0 Å². The summed E-state index contributed by atoms with van der Waals surface area (Å²) >= 11 is 11.1. The topological polar surface area (TPSA) is 43.4 Å². The van der Waals surface area contributed by atoms with Crippen LogP contribution in [-0.2, 0) is 0 Å². The Balaban J connectivity index is 1.93. The quantitative estimate of drug-likeness (QED) is 0.408. The molecule has 0 aliphatic carbocycles. The maximum atomic E-state index is 11.6. The zero-order valence-electron chi connectivity index (χ0n) is 15.4. The number of carbonyl (C=O) groups is 2. The summed E-state index contributed by atoms with van der Waals surface area (Å²) in [6, 6.07) is 20.1. The molecule has 3 rings (SSSR count). The molecule has 0 fully saturated rings. The van der Waals surface area contributed by atoms with Crippen LogP contribution in [0.4, 0.5) is 0 Å². The van der Waals surface area contributed by atoms with Gasteiger partial charge in [-0.3, -0.25) is 9.59 Å². The maximum Gasteiger partial charge on any atom is 0.256 e. The van der Waals surface area contributed by atoms with E-state index in [0.29, 0.717) is 11.7 Å². The van der Waals surface area contributed by atoms with Crippen molar-refractivity contribution in [3.8, 4) is 22.6 Å². The van der Waals surface area contributed by atoms with Gasteiger partial charge in [-0.1, -0.05) is 50.2 Å². The number of benzene rings is 3. The fraction of sp³-hybridized carbons (Fsp3) is 0.130. The fourth-order valence-corrected chi connectivity index (χ4v) is 3.26. The van der Waals surface area contributed by atoms with E-state index >= 15 is 0 Å². The van der Waals surface area contributed by atoms with Gasteiger partial charge in [0.1, 0.15) is 11.5 Å². The van der Waals surface area contributed by atoms with Crippen LogP contribution in [-0.4, -0.2) is 10.5 Å². The second kappa shape index (κ2) is 8.59. The van der Waals surface area contributed by atoms with Crippen molar-refractivity contribution >= 4 is 33.7 Å². The summed E-state index contributed by atoms with van der Waals surface area (Å²) in [6.45, 7) is 4.32. The molecule has 0 radical (unpaired) electrons. The van der Waals surface area contributed by atoms with Gasteiger partial charge < -0.3 is 4.74 Å². The lowest BCUT2D eigenvalue weighted by Crippen LogP contribution is -1.98. The molecule has 0 saturated carbocycles. The van der Waals surface area contributed by atoms with Gasteiger partial charge in [0.2, 0.25) is 0 Å². The van der Waals surface area contributed by atoms with Crippen molar-refractivity contribution in [3.63, 3.8) is 0 Å². The Labute approximate surface area is 173 Å². The van der Waals surface area contributed by atoms with Crippen molar-refractivity contribution in [2.75, 3.05) is 0 Å². The van der Waals surface area contributed by atoms with Crippen LogP contribution in [0.25, 0.3) is 11.1 Å². The van der Waals surface area contributed by atoms with E-state index in [1.807, 2.05) is 36.4 Å². The van der Waals surface area contributed by atoms with Gasteiger partial charge in [0, 0.05) is 5.56 Å². The first kappa shape index (κ1) is 20.1. The molecule has 3 aromatic rings. The van der Waals surface area contributed by atoms with E-state index in [0.717, 1.165) is 11.1 Å². The maximum absolute atomic E-state index is 11.6. The minimum atomic E-state index is -0.675. The lowest BCUT2D eigenvalue weighted by atomic mass is 9.93. The van der Waals surface area contributed by atoms with Gasteiger partial charge >= 0.3 is 0 Å². The van der Waals surface area contributed by atoms with Crippen molar-refractivity contribution in [2.45, 2.75) is 19.8 Å². The third-order valence-electron chi connectivity index (χ3n) is 4.40. The van der Waals surface area contributed by atoms with Crippen LogP contribution in [0.3, 0.4) is 0 Å². The van der Waals surface area contributed by atoms with Gasteiger partial charge in [-0.2, -0.15) is 0 Å². The molecule has 0 bridgehead atoms. The number of halogens is 2. The molecular weight excluding hydrogens is 395 g/mol.